The number of nitrogens with one attached hydrogen (secondary N) is 2. The second-order valence-corrected chi connectivity index (χ2v) is 6.01. The first-order chi connectivity index (χ1) is 10.3. The van der Waals surface area contributed by atoms with Crippen molar-refractivity contribution < 1.29 is 0 Å². The van der Waals surface area contributed by atoms with E-state index in [1.54, 1.807) is 0 Å². The van der Waals surface area contributed by atoms with E-state index in [0.29, 0.717) is 6.04 Å². The van der Waals surface area contributed by atoms with Crippen LogP contribution in [0.2, 0.25) is 0 Å². The molecule has 1 aromatic heterocycles. The Bertz CT molecular complexity index is 550. The minimum Gasteiger partial charge on any atom is -0.310 e. The van der Waals surface area contributed by atoms with Crippen molar-refractivity contribution in [3.63, 3.8) is 0 Å². The third-order valence-electron chi connectivity index (χ3n) is 4.26. The van der Waals surface area contributed by atoms with Gasteiger partial charge in [0, 0.05) is 18.2 Å². The van der Waals surface area contributed by atoms with Crippen molar-refractivity contribution in [3.8, 4) is 11.4 Å². The Labute approximate surface area is 126 Å². The lowest BCUT2D eigenvalue weighted by Gasteiger charge is -2.16. The van der Waals surface area contributed by atoms with Crippen molar-refractivity contribution in [2.45, 2.75) is 58.0 Å². The largest absolute Gasteiger partial charge is 0.310 e. The van der Waals surface area contributed by atoms with E-state index in [1.165, 1.54) is 44.1 Å². The van der Waals surface area contributed by atoms with Crippen LogP contribution in [0.3, 0.4) is 0 Å². The maximum Gasteiger partial charge on any atom is 0.181 e. The fourth-order valence-electron chi connectivity index (χ4n) is 2.99. The zero-order valence-corrected chi connectivity index (χ0v) is 12.7. The van der Waals surface area contributed by atoms with Crippen molar-refractivity contribution in [1.29, 1.82) is 0 Å². The summed E-state index contributed by atoms with van der Waals surface area (Å²) >= 11 is 0. The molecule has 0 saturated heterocycles. The normalized spacial score (nSPS) is 16.8. The highest BCUT2D eigenvalue weighted by atomic mass is 15.2. The van der Waals surface area contributed by atoms with Crippen LogP contribution in [0.4, 0.5) is 0 Å². The highest BCUT2D eigenvalue weighted by molar-refractivity contribution is 5.54. The summed E-state index contributed by atoms with van der Waals surface area (Å²) < 4.78 is 0. The molecule has 1 saturated carbocycles. The van der Waals surface area contributed by atoms with Crippen LogP contribution in [0.15, 0.2) is 24.3 Å². The predicted molar refractivity (Wildman–Crippen MR) is 84.9 cm³/mol. The third kappa shape index (κ3) is 3.91. The van der Waals surface area contributed by atoms with E-state index in [2.05, 4.69) is 44.8 Å². The molecule has 0 unspecified atom stereocenters. The van der Waals surface area contributed by atoms with Gasteiger partial charge in [-0.2, -0.15) is 5.10 Å². The first-order valence-electron chi connectivity index (χ1n) is 8.03. The van der Waals surface area contributed by atoms with Gasteiger partial charge in [0.1, 0.15) is 5.82 Å². The minimum absolute atomic E-state index is 0.697. The number of aromatic amines is 1. The summed E-state index contributed by atoms with van der Waals surface area (Å²) in [6.45, 7) is 2.87. The van der Waals surface area contributed by atoms with Gasteiger partial charge in [0.15, 0.2) is 5.82 Å². The molecule has 112 valence electrons. The average molecular weight is 284 g/mol. The summed E-state index contributed by atoms with van der Waals surface area (Å²) in [5.41, 5.74) is 2.40. The molecular weight excluding hydrogens is 260 g/mol. The molecule has 1 aliphatic carbocycles. The molecule has 0 bridgehead atoms. The van der Waals surface area contributed by atoms with E-state index in [-0.39, 0.29) is 0 Å². The summed E-state index contributed by atoms with van der Waals surface area (Å²) in [5, 5.41) is 10.8. The van der Waals surface area contributed by atoms with Crippen LogP contribution in [-0.4, -0.2) is 21.2 Å². The molecule has 0 aliphatic heterocycles. The molecule has 0 atom stereocenters. The van der Waals surface area contributed by atoms with Gasteiger partial charge >= 0.3 is 0 Å². The lowest BCUT2D eigenvalue weighted by Crippen LogP contribution is -2.27. The van der Waals surface area contributed by atoms with Crippen LogP contribution < -0.4 is 5.32 Å². The molecule has 4 heteroatoms. The Kier molecular flexibility index (Phi) is 4.65. The van der Waals surface area contributed by atoms with Crippen molar-refractivity contribution >= 4 is 0 Å². The van der Waals surface area contributed by atoms with E-state index in [1.807, 2.05) is 6.92 Å². The van der Waals surface area contributed by atoms with E-state index >= 15 is 0 Å². The second kappa shape index (κ2) is 6.85. The maximum absolute atomic E-state index is 4.36. The minimum atomic E-state index is 0.697. The van der Waals surface area contributed by atoms with Crippen LogP contribution in [0.1, 0.15) is 49.9 Å². The van der Waals surface area contributed by atoms with Crippen LogP contribution in [0.25, 0.3) is 11.4 Å². The van der Waals surface area contributed by atoms with Crippen molar-refractivity contribution in [3.05, 3.63) is 35.7 Å². The molecule has 3 rings (SSSR count). The van der Waals surface area contributed by atoms with Gasteiger partial charge < -0.3 is 5.32 Å². The Morgan fingerprint density at radius 3 is 2.43 bits per heavy atom. The molecule has 2 N–H and O–H groups in total. The van der Waals surface area contributed by atoms with Gasteiger partial charge in [-0.05, 0) is 25.3 Å². The topological polar surface area (TPSA) is 53.6 Å². The molecule has 1 aromatic carbocycles. The molecule has 2 aromatic rings. The zero-order chi connectivity index (χ0) is 14.5. The van der Waals surface area contributed by atoms with Gasteiger partial charge in [0.2, 0.25) is 0 Å². The number of H-pyrrole nitrogens is 1. The molecule has 1 fully saturated rings. The smallest absolute Gasteiger partial charge is 0.181 e. The summed E-state index contributed by atoms with van der Waals surface area (Å²) in [6.07, 6.45) is 8.22. The Morgan fingerprint density at radius 1 is 1.10 bits per heavy atom. The molecule has 1 heterocycles. The van der Waals surface area contributed by atoms with Crippen LogP contribution in [0.5, 0.6) is 0 Å². The summed E-state index contributed by atoms with van der Waals surface area (Å²) in [6, 6.07) is 9.25. The van der Waals surface area contributed by atoms with Crippen LogP contribution in [0, 0.1) is 6.92 Å². The average Bonchev–Trinajstić information content (AvgIpc) is 2.78. The lowest BCUT2D eigenvalue weighted by molar-refractivity contribution is 0.459. The standard InChI is InChI=1S/C17H24N4/c1-13-19-17(21-20-13)15-10-8-14(9-11-15)12-18-16-6-4-2-3-5-7-16/h8-11,16,18H,2-7,12H2,1H3,(H,19,20,21). The first kappa shape index (κ1) is 14.3. The van der Waals surface area contributed by atoms with Crippen molar-refractivity contribution in [2.75, 3.05) is 0 Å². The zero-order valence-electron chi connectivity index (χ0n) is 12.7. The first-order valence-corrected chi connectivity index (χ1v) is 8.03. The van der Waals surface area contributed by atoms with Crippen molar-refractivity contribution in [1.82, 2.24) is 20.5 Å². The number of aromatic nitrogens is 3. The monoisotopic (exact) mass is 284 g/mol. The lowest BCUT2D eigenvalue weighted by atomic mass is 10.1. The molecule has 1 aliphatic rings. The Balaban J connectivity index is 1.56. The number of nitrogens with zero attached hydrogens (tertiary/aromatic N) is 2. The fourth-order valence-corrected chi connectivity index (χ4v) is 2.99. The number of hydrogen-bond donors (Lipinski definition) is 2. The molecular formula is C17H24N4. The molecule has 0 radical (unpaired) electrons. The Hall–Kier alpha value is -1.68. The summed E-state index contributed by atoms with van der Waals surface area (Å²) in [7, 11) is 0. The predicted octanol–water partition coefficient (Wildman–Crippen LogP) is 3.59. The van der Waals surface area contributed by atoms with Gasteiger partial charge in [-0.15, -0.1) is 0 Å². The molecule has 0 spiro atoms. The van der Waals surface area contributed by atoms with Crippen LogP contribution >= 0.6 is 0 Å². The number of benzene rings is 1. The molecule has 4 nitrogen and oxygen atoms in total. The Morgan fingerprint density at radius 2 is 1.81 bits per heavy atom. The van der Waals surface area contributed by atoms with E-state index in [0.717, 1.165) is 23.8 Å². The molecule has 21 heavy (non-hydrogen) atoms. The third-order valence-corrected chi connectivity index (χ3v) is 4.26. The van der Waals surface area contributed by atoms with E-state index in [4.69, 9.17) is 0 Å². The quantitative estimate of drug-likeness (QED) is 0.844. The maximum atomic E-state index is 4.36. The fraction of sp³-hybridized carbons (Fsp3) is 0.529. The van der Waals surface area contributed by atoms with Crippen molar-refractivity contribution in [2.24, 2.45) is 0 Å². The van der Waals surface area contributed by atoms with Gasteiger partial charge in [-0.1, -0.05) is 49.9 Å². The molecule has 0 amide bonds. The van der Waals surface area contributed by atoms with Crippen LogP contribution in [-0.2, 0) is 6.54 Å². The number of rotatable bonds is 4. The summed E-state index contributed by atoms with van der Waals surface area (Å²) in [4.78, 5) is 4.36. The number of hydrogen-bond acceptors (Lipinski definition) is 3. The van der Waals surface area contributed by atoms with Gasteiger partial charge in [0.05, 0.1) is 0 Å². The second-order valence-electron chi connectivity index (χ2n) is 6.01. The van der Waals surface area contributed by atoms with E-state index < -0.39 is 0 Å². The highest BCUT2D eigenvalue weighted by Gasteiger charge is 2.11. The van der Waals surface area contributed by atoms with Gasteiger partial charge in [-0.25, -0.2) is 4.98 Å². The van der Waals surface area contributed by atoms with E-state index in [9.17, 15) is 0 Å². The number of aryl methyl sites for hydroxylation is 1. The van der Waals surface area contributed by atoms with Gasteiger partial charge in [0.25, 0.3) is 0 Å². The van der Waals surface area contributed by atoms with Gasteiger partial charge in [-0.3, -0.25) is 5.10 Å². The SMILES string of the molecule is Cc1nc(-c2ccc(CNC3CCCCCC3)cc2)n[nH]1. The highest BCUT2D eigenvalue weighted by Crippen LogP contribution is 2.18. The summed E-state index contributed by atoms with van der Waals surface area (Å²) in [5.74, 6) is 1.62.